The van der Waals surface area contributed by atoms with Crippen molar-refractivity contribution >= 4 is 23.6 Å². The molecule has 5 heteroatoms. The van der Waals surface area contributed by atoms with E-state index in [-0.39, 0.29) is 18.4 Å². The second-order valence-electron chi connectivity index (χ2n) is 3.17. The van der Waals surface area contributed by atoms with E-state index in [0.29, 0.717) is 25.1 Å². The summed E-state index contributed by atoms with van der Waals surface area (Å²) in [5.41, 5.74) is 0. The average Bonchev–Trinajstić information content (AvgIpc) is 2.59. The topological polar surface area (TPSA) is 57.6 Å². The Morgan fingerprint density at radius 2 is 2.36 bits per heavy atom. The van der Waals surface area contributed by atoms with Crippen LogP contribution in [0.15, 0.2) is 0 Å². The number of thioether (sulfide) groups is 1. The summed E-state index contributed by atoms with van der Waals surface area (Å²) in [6.07, 6.45) is 2.00. The molecule has 0 aliphatic carbocycles. The van der Waals surface area contributed by atoms with Crippen LogP contribution in [-0.2, 0) is 9.59 Å². The van der Waals surface area contributed by atoms with Crippen LogP contribution in [0.5, 0.6) is 0 Å². The highest BCUT2D eigenvalue weighted by molar-refractivity contribution is 7.99. The molecule has 1 saturated heterocycles. The van der Waals surface area contributed by atoms with Crippen molar-refractivity contribution in [2.75, 3.05) is 24.7 Å². The molecule has 0 bridgehead atoms. The van der Waals surface area contributed by atoms with Crippen LogP contribution in [0.3, 0.4) is 0 Å². The lowest BCUT2D eigenvalue weighted by atomic mass is 10.4. The third-order valence-corrected chi connectivity index (χ3v) is 3.08. The van der Waals surface area contributed by atoms with Gasteiger partial charge in [-0.3, -0.25) is 14.5 Å². The van der Waals surface area contributed by atoms with Gasteiger partial charge in [-0.25, -0.2) is 0 Å². The lowest BCUT2D eigenvalue weighted by Crippen LogP contribution is -2.33. The van der Waals surface area contributed by atoms with E-state index in [2.05, 4.69) is 0 Å². The maximum absolute atomic E-state index is 11.4. The average molecular weight is 217 g/mol. The van der Waals surface area contributed by atoms with Gasteiger partial charge >= 0.3 is 0 Å². The van der Waals surface area contributed by atoms with Gasteiger partial charge in [0.05, 0.1) is 5.75 Å². The van der Waals surface area contributed by atoms with Crippen molar-refractivity contribution in [1.82, 2.24) is 4.90 Å². The molecule has 1 aliphatic rings. The van der Waals surface area contributed by atoms with Gasteiger partial charge in [-0.05, 0) is 18.6 Å². The Morgan fingerprint density at radius 1 is 1.57 bits per heavy atom. The SMILES string of the molecule is O=C1CCCN1C(=O)CSCCCO. The monoisotopic (exact) mass is 217 g/mol. The third kappa shape index (κ3) is 3.31. The van der Waals surface area contributed by atoms with E-state index in [1.54, 1.807) is 0 Å². The molecule has 1 fully saturated rings. The van der Waals surface area contributed by atoms with Gasteiger partial charge in [0.1, 0.15) is 0 Å². The minimum atomic E-state index is -0.0876. The summed E-state index contributed by atoms with van der Waals surface area (Å²) >= 11 is 1.47. The number of rotatable bonds is 5. The van der Waals surface area contributed by atoms with E-state index in [9.17, 15) is 9.59 Å². The molecule has 1 heterocycles. The van der Waals surface area contributed by atoms with E-state index >= 15 is 0 Å². The van der Waals surface area contributed by atoms with Crippen LogP contribution in [0.2, 0.25) is 0 Å². The second kappa shape index (κ2) is 6.03. The molecule has 0 saturated carbocycles. The van der Waals surface area contributed by atoms with Crippen LogP contribution in [0.4, 0.5) is 0 Å². The summed E-state index contributed by atoms with van der Waals surface area (Å²) in [6.45, 7) is 0.738. The largest absolute Gasteiger partial charge is 0.396 e. The molecule has 1 rings (SSSR count). The molecular formula is C9H15NO3S. The van der Waals surface area contributed by atoms with Gasteiger partial charge in [0.15, 0.2) is 0 Å². The standard InChI is InChI=1S/C9H15NO3S/c11-5-2-6-14-7-9(13)10-4-1-3-8(10)12/h11H,1-7H2. The molecule has 0 spiro atoms. The molecule has 4 nitrogen and oxygen atoms in total. The minimum absolute atomic E-state index is 0.0437. The van der Waals surface area contributed by atoms with E-state index in [1.807, 2.05) is 0 Å². The summed E-state index contributed by atoms with van der Waals surface area (Å²) in [7, 11) is 0. The number of nitrogens with zero attached hydrogens (tertiary/aromatic N) is 1. The van der Waals surface area contributed by atoms with Crippen LogP contribution in [0, 0.1) is 0 Å². The maximum Gasteiger partial charge on any atom is 0.239 e. The predicted octanol–water partition coefficient (Wildman–Crippen LogP) is 0.251. The highest BCUT2D eigenvalue weighted by Crippen LogP contribution is 2.12. The number of hydrogen-bond donors (Lipinski definition) is 1. The molecule has 2 amide bonds. The molecule has 1 N–H and O–H groups in total. The smallest absolute Gasteiger partial charge is 0.239 e. The fourth-order valence-corrected chi connectivity index (χ4v) is 2.12. The normalized spacial score (nSPS) is 16.4. The number of aliphatic hydroxyl groups excluding tert-OH is 1. The summed E-state index contributed by atoms with van der Waals surface area (Å²) in [5.74, 6) is 0.990. The fourth-order valence-electron chi connectivity index (χ4n) is 1.32. The molecule has 14 heavy (non-hydrogen) atoms. The Bertz CT molecular complexity index is 220. The zero-order valence-electron chi connectivity index (χ0n) is 8.07. The number of likely N-dealkylation sites (tertiary alicyclic amines) is 1. The minimum Gasteiger partial charge on any atom is -0.396 e. The lowest BCUT2D eigenvalue weighted by Gasteiger charge is -2.12. The van der Waals surface area contributed by atoms with Crippen molar-refractivity contribution in [3.8, 4) is 0 Å². The lowest BCUT2D eigenvalue weighted by molar-refractivity contribution is -0.140. The van der Waals surface area contributed by atoms with Gasteiger partial charge in [-0.2, -0.15) is 11.8 Å². The molecule has 0 atom stereocenters. The zero-order chi connectivity index (χ0) is 10.4. The zero-order valence-corrected chi connectivity index (χ0v) is 8.89. The molecule has 1 aliphatic heterocycles. The third-order valence-electron chi connectivity index (χ3n) is 2.05. The first-order valence-corrected chi connectivity index (χ1v) is 5.93. The molecule has 0 aromatic carbocycles. The molecule has 0 aromatic rings. The molecule has 0 unspecified atom stereocenters. The van der Waals surface area contributed by atoms with E-state index in [0.717, 1.165) is 12.2 Å². The number of imide groups is 1. The number of carbonyl (C=O) groups excluding carboxylic acids is 2. The van der Waals surface area contributed by atoms with Gasteiger partial charge in [0, 0.05) is 19.6 Å². The Kier molecular flexibility index (Phi) is 4.97. The Labute approximate surface area is 87.7 Å². The van der Waals surface area contributed by atoms with Crippen LogP contribution in [0.1, 0.15) is 19.3 Å². The maximum atomic E-state index is 11.4. The van der Waals surface area contributed by atoms with Crippen LogP contribution in [-0.4, -0.2) is 46.5 Å². The first-order chi connectivity index (χ1) is 6.75. The Balaban J connectivity index is 2.18. The van der Waals surface area contributed by atoms with Crippen molar-refractivity contribution in [2.45, 2.75) is 19.3 Å². The quantitative estimate of drug-likeness (QED) is 0.671. The molecule has 0 radical (unpaired) electrons. The summed E-state index contributed by atoms with van der Waals surface area (Å²) in [6, 6.07) is 0. The Morgan fingerprint density at radius 3 is 2.93 bits per heavy atom. The summed E-state index contributed by atoms with van der Waals surface area (Å²) in [4.78, 5) is 23.9. The van der Waals surface area contributed by atoms with Crippen LogP contribution < -0.4 is 0 Å². The van der Waals surface area contributed by atoms with Gasteiger partial charge in [0.2, 0.25) is 11.8 Å². The molecule has 0 aromatic heterocycles. The van der Waals surface area contributed by atoms with Crippen molar-refractivity contribution in [2.24, 2.45) is 0 Å². The van der Waals surface area contributed by atoms with Crippen molar-refractivity contribution < 1.29 is 14.7 Å². The summed E-state index contributed by atoms with van der Waals surface area (Å²) in [5, 5.41) is 8.52. The number of amides is 2. The van der Waals surface area contributed by atoms with Gasteiger partial charge in [-0.15, -0.1) is 0 Å². The fraction of sp³-hybridized carbons (Fsp3) is 0.778. The van der Waals surface area contributed by atoms with E-state index in [4.69, 9.17) is 5.11 Å². The van der Waals surface area contributed by atoms with Crippen molar-refractivity contribution in [3.05, 3.63) is 0 Å². The first kappa shape index (κ1) is 11.5. The van der Waals surface area contributed by atoms with Gasteiger partial charge in [0.25, 0.3) is 0 Å². The number of hydrogen-bond acceptors (Lipinski definition) is 4. The highest BCUT2D eigenvalue weighted by Gasteiger charge is 2.25. The van der Waals surface area contributed by atoms with E-state index in [1.165, 1.54) is 16.7 Å². The molecular weight excluding hydrogens is 202 g/mol. The van der Waals surface area contributed by atoms with Gasteiger partial charge in [-0.1, -0.05) is 0 Å². The van der Waals surface area contributed by atoms with Crippen LogP contribution in [0.25, 0.3) is 0 Å². The second-order valence-corrected chi connectivity index (χ2v) is 4.28. The van der Waals surface area contributed by atoms with Crippen molar-refractivity contribution in [1.29, 1.82) is 0 Å². The highest BCUT2D eigenvalue weighted by atomic mass is 32.2. The molecule has 80 valence electrons. The summed E-state index contributed by atoms with van der Waals surface area (Å²) < 4.78 is 0. The van der Waals surface area contributed by atoms with E-state index < -0.39 is 0 Å². The van der Waals surface area contributed by atoms with Gasteiger partial charge < -0.3 is 5.11 Å². The number of carbonyl (C=O) groups is 2. The first-order valence-electron chi connectivity index (χ1n) is 4.77. The van der Waals surface area contributed by atoms with Crippen LogP contribution >= 0.6 is 11.8 Å². The number of aliphatic hydroxyl groups is 1. The Hall–Kier alpha value is -0.550. The predicted molar refractivity (Wildman–Crippen MR) is 55.0 cm³/mol. The van der Waals surface area contributed by atoms with Crippen molar-refractivity contribution in [3.63, 3.8) is 0 Å².